The third kappa shape index (κ3) is 8.68. The van der Waals surface area contributed by atoms with Gasteiger partial charge in [-0.15, -0.1) is 11.6 Å². The minimum Gasteiger partial charge on any atom is -0.122 e. The van der Waals surface area contributed by atoms with Crippen molar-refractivity contribution in [1.29, 1.82) is 0 Å². The first-order valence-corrected chi connectivity index (χ1v) is 6.07. The summed E-state index contributed by atoms with van der Waals surface area (Å²) in [5, 5.41) is 1.28. The van der Waals surface area contributed by atoms with Gasteiger partial charge in [-0.05, 0) is 6.42 Å². The molecule has 68 valence electrons. The zero-order valence-electron chi connectivity index (χ0n) is 7.28. The summed E-state index contributed by atoms with van der Waals surface area (Å²) in [7, 11) is 0. The van der Waals surface area contributed by atoms with Crippen molar-refractivity contribution < 1.29 is 0 Å². The molecule has 2 heteroatoms. The van der Waals surface area contributed by atoms with Crippen LogP contribution in [-0.2, 0) is 0 Å². The monoisotopic (exact) mass is 240 g/mol. The molecule has 0 spiro atoms. The smallest absolute Gasteiger partial charge is 0.0432 e. The highest BCUT2D eigenvalue weighted by molar-refractivity contribution is 9.09. The quantitative estimate of drug-likeness (QED) is 0.459. The first kappa shape index (κ1) is 11.8. The molecule has 0 aliphatic rings. The number of unbranched alkanes of at least 4 members (excludes halogenated alkanes) is 4. The Hall–Kier alpha value is 0.770. The second-order valence-corrected chi connectivity index (χ2v) is 4.22. The van der Waals surface area contributed by atoms with E-state index < -0.39 is 0 Å². The van der Waals surface area contributed by atoms with Crippen molar-refractivity contribution in [3.63, 3.8) is 0 Å². The Labute approximate surface area is 83.8 Å². The van der Waals surface area contributed by atoms with Crippen LogP contribution in [0.2, 0.25) is 0 Å². The molecule has 0 aliphatic heterocycles. The SMILES string of the molecule is CCCCCCCC(Cl)CBr. The number of alkyl halides is 2. The van der Waals surface area contributed by atoms with E-state index in [1.807, 2.05) is 0 Å². The topological polar surface area (TPSA) is 0 Å². The van der Waals surface area contributed by atoms with Crippen molar-refractivity contribution in [2.75, 3.05) is 5.33 Å². The van der Waals surface area contributed by atoms with Crippen molar-refractivity contribution in [1.82, 2.24) is 0 Å². The van der Waals surface area contributed by atoms with E-state index >= 15 is 0 Å². The third-order valence-electron chi connectivity index (χ3n) is 1.79. The van der Waals surface area contributed by atoms with Crippen LogP contribution in [0.25, 0.3) is 0 Å². The van der Waals surface area contributed by atoms with Crippen LogP contribution in [-0.4, -0.2) is 10.7 Å². The van der Waals surface area contributed by atoms with Crippen molar-refractivity contribution in [3.05, 3.63) is 0 Å². The van der Waals surface area contributed by atoms with Crippen molar-refractivity contribution in [2.45, 2.75) is 50.8 Å². The minimum absolute atomic E-state index is 0.344. The lowest BCUT2D eigenvalue weighted by Crippen LogP contribution is -1.98. The molecule has 0 heterocycles. The van der Waals surface area contributed by atoms with E-state index in [4.69, 9.17) is 11.6 Å². The van der Waals surface area contributed by atoms with Gasteiger partial charge in [0.25, 0.3) is 0 Å². The number of halogens is 2. The Kier molecular flexibility index (Phi) is 9.48. The van der Waals surface area contributed by atoms with E-state index in [2.05, 4.69) is 22.9 Å². The first-order chi connectivity index (χ1) is 5.31. The molecule has 1 unspecified atom stereocenters. The van der Waals surface area contributed by atoms with Crippen LogP contribution in [0.4, 0.5) is 0 Å². The van der Waals surface area contributed by atoms with Gasteiger partial charge in [0.05, 0.1) is 0 Å². The fourth-order valence-electron chi connectivity index (χ4n) is 1.05. The van der Waals surface area contributed by atoms with Crippen LogP contribution in [0, 0.1) is 0 Å². The molecular weight excluding hydrogens is 223 g/mol. The summed E-state index contributed by atoms with van der Waals surface area (Å²) in [4.78, 5) is 0. The molecule has 0 saturated carbocycles. The van der Waals surface area contributed by atoms with E-state index in [9.17, 15) is 0 Å². The normalized spacial score (nSPS) is 13.4. The summed E-state index contributed by atoms with van der Waals surface area (Å²) in [6.45, 7) is 2.24. The van der Waals surface area contributed by atoms with Crippen molar-refractivity contribution in [3.8, 4) is 0 Å². The van der Waals surface area contributed by atoms with Gasteiger partial charge in [-0.3, -0.25) is 0 Å². The zero-order valence-corrected chi connectivity index (χ0v) is 9.62. The molecule has 1 atom stereocenters. The van der Waals surface area contributed by atoms with E-state index in [1.165, 1.54) is 32.1 Å². The Balaban J connectivity index is 2.89. The molecule has 0 rings (SSSR count). The van der Waals surface area contributed by atoms with E-state index in [1.54, 1.807) is 0 Å². The van der Waals surface area contributed by atoms with Crippen LogP contribution in [0.3, 0.4) is 0 Å². The third-order valence-corrected chi connectivity index (χ3v) is 3.32. The van der Waals surface area contributed by atoms with Crippen molar-refractivity contribution >= 4 is 27.5 Å². The molecule has 0 N–H and O–H groups in total. The first-order valence-electron chi connectivity index (χ1n) is 4.51. The van der Waals surface area contributed by atoms with Crippen LogP contribution >= 0.6 is 27.5 Å². The van der Waals surface area contributed by atoms with Gasteiger partial charge in [0, 0.05) is 10.7 Å². The van der Waals surface area contributed by atoms with Gasteiger partial charge in [-0.25, -0.2) is 0 Å². The summed E-state index contributed by atoms with van der Waals surface area (Å²) in [5.74, 6) is 0. The molecule has 0 aromatic carbocycles. The Morgan fingerprint density at radius 3 is 2.36 bits per heavy atom. The molecule has 0 aliphatic carbocycles. The fourth-order valence-corrected chi connectivity index (χ4v) is 1.52. The average molecular weight is 242 g/mol. The Morgan fingerprint density at radius 2 is 1.82 bits per heavy atom. The second kappa shape index (κ2) is 8.86. The zero-order chi connectivity index (χ0) is 8.53. The fraction of sp³-hybridized carbons (Fsp3) is 1.00. The summed E-state index contributed by atoms with van der Waals surface area (Å²) in [6.07, 6.45) is 7.88. The lowest BCUT2D eigenvalue weighted by atomic mass is 10.1. The van der Waals surface area contributed by atoms with Gasteiger partial charge in [-0.1, -0.05) is 55.0 Å². The van der Waals surface area contributed by atoms with Crippen molar-refractivity contribution in [2.24, 2.45) is 0 Å². The lowest BCUT2D eigenvalue weighted by molar-refractivity contribution is 0.606. The van der Waals surface area contributed by atoms with Gasteiger partial charge in [-0.2, -0.15) is 0 Å². The Morgan fingerprint density at radius 1 is 1.18 bits per heavy atom. The van der Waals surface area contributed by atoms with Crippen LogP contribution in [0.1, 0.15) is 45.4 Å². The molecule has 0 nitrogen and oxygen atoms in total. The van der Waals surface area contributed by atoms with Gasteiger partial charge >= 0.3 is 0 Å². The number of hydrogen-bond acceptors (Lipinski definition) is 0. The van der Waals surface area contributed by atoms with Crippen LogP contribution in [0.15, 0.2) is 0 Å². The minimum atomic E-state index is 0.344. The molecule has 0 radical (unpaired) electrons. The maximum atomic E-state index is 5.93. The van der Waals surface area contributed by atoms with Gasteiger partial charge in [0.2, 0.25) is 0 Å². The summed E-state index contributed by atoms with van der Waals surface area (Å²) >= 11 is 9.30. The predicted molar refractivity (Wildman–Crippen MR) is 56.8 cm³/mol. The summed E-state index contributed by atoms with van der Waals surface area (Å²) in [6, 6.07) is 0. The maximum Gasteiger partial charge on any atom is 0.0432 e. The largest absolute Gasteiger partial charge is 0.122 e. The van der Waals surface area contributed by atoms with Crippen LogP contribution in [0.5, 0.6) is 0 Å². The molecule has 11 heavy (non-hydrogen) atoms. The standard InChI is InChI=1S/C9H18BrCl/c1-2-3-4-5-6-7-9(11)8-10/h9H,2-8H2,1H3. The number of hydrogen-bond donors (Lipinski definition) is 0. The molecule has 0 bridgehead atoms. The highest BCUT2D eigenvalue weighted by atomic mass is 79.9. The van der Waals surface area contributed by atoms with E-state index in [0.29, 0.717) is 5.38 Å². The highest BCUT2D eigenvalue weighted by Gasteiger charge is 2.00. The maximum absolute atomic E-state index is 5.93. The van der Waals surface area contributed by atoms with Crippen LogP contribution < -0.4 is 0 Å². The molecule has 0 saturated heterocycles. The second-order valence-electron chi connectivity index (χ2n) is 2.95. The van der Waals surface area contributed by atoms with E-state index in [0.717, 1.165) is 11.8 Å². The van der Waals surface area contributed by atoms with Gasteiger partial charge in [0.15, 0.2) is 0 Å². The Bertz CT molecular complexity index is 76.0. The molecule has 0 fully saturated rings. The summed E-state index contributed by atoms with van der Waals surface area (Å²) < 4.78 is 0. The van der Waals surface area contributed by atoms with Gasteiger partial charge in [0.1, 0.15) is 0 Å². The number of rotatable bonds is 7. The van der Waals surface area contributed by atoms with Gasteiger partial charge < -0.3 is 0 Å². The molecular formula is C9H18BrCl. The predicted octanol–water partition coefficient (Wildman–Crippen LogP) is 4.35. The molecule has 0 aromatic rings. The molecule has 0 aromatic heterocycles. The highest BCUT2D eigenvalue weighted by Crippen LogP contribution is 2.12. The lowest BCUT2D eigenvalue weighted by Gasteiger charge is -2.03. The van der Waals surface area contributed by atoms with E-state index in [-0.39, 0.29) is 0 Å². The average Bonchev–Trinajstić information content (AvgIpc) is 2.04. The summed E-state index contributed by atoms with van der Waals surface area (Å²) in [5.41, 5.74) is 0. The molecule has 0 amide bonds.